The number of nitrogens with one attached hydrogen (secondary N) is 1. The van der Waals surface area contributed by atoms with Crippen LogP contribution in [0.15, 0.2) is 73.1 Å². The first kappa shape index (κ1) is 26.4. The van der Waals surface area contributed by atoms with Crippen molar-refractivity contribution in [3.8, 4) is 40.2 Å². The summed E-state index contributed by atoms with van der Waals surface area (Å²) in [6, 6.07) is 16.9. The molecule has 0 aliphatic heterocycles. The van der Waals surface area contributed by atoms with Crippen LogP contribution in [0.2, 0.25) is 5.02 Å². The van der Waals surface area contributed by atoms with Gasteiger partial charge in [0, 0.05) is 47.5 Å². The number of anilines is 2. The Kier molecular flexibility index (Phi) is 6.94. The Labute approximate surface area is 235 Å². The fourth-order valence-electron chi connectivity index (χ4n) is 4.48. The minimum atomic E-state index is -0.301. The van der Waals surface area contributed by atoms with Gasteiger partial charge in [-0.1, -0.05) is 30.3 Å². The highest BCUT2D eigenvalue weighted by Crippen LogP contribution is 2.45. The van der Waals surface area contributed by atoms with E-state index in [1.165, 1.54) is 6.20 Å². The number of hydrogen-bond donors (Lipinski definition) is 2. The zero-order chi connectivity index (χ0) is 28.6. The Hall–Kier alpha value is -5.20. The number of benzene rings is 2. The highest BCUT2D eigenvalue weighted by atomic mass is 35.5. The first-order valence-electron chi connectivity index (χ1n) is 12.2. The first-order valence-corrected chi connectivity index (χ1v) is 12.6. The molecular formula is C30H24ClN7O2. The average molecular weight is 550 g/mol. The summed E-state index contributed by atoms with van der Waals surface area (Å²) in [6.07, 6.45) is 3.10. The van der Waals surface area contributed by atoms with Gasteiger partial charge in [-0.2, -0.15) is 5.26 Å². The maximum absolute atomic E-state index is 12.1. The number of halogens is 1. The summed E-state index contributed by atoms with van der Waals surface area (Å²) in [5, 5.41) is 13.7. The molecule has 3 aromatic heterocycles. The summed E-state index contributed by atoms with van der Waals surface area (Å²) < 4.78 is 7.72. The smallest absolute Gasteiger partial charge is 0.322 e. The van der Waals surface area contributed by atoms with Crippen molar-refractivity contribution < 1.29 is 9.53 Å². The third kappa shape index (κ3) is 4.84. The van der Waals surface area contributed by atoms with Crippen LogP contribution >= 0.6 is 11.6 Å². The summed E-state index contributed by atoms with van der Waals surface area (Å²) in [5.74, 6) is 0.529. The molecule has 1 amide bonds. The van der Waals surface area contributed by atoms with E-state index in [0.29, 0.717) is 44.1 Å². The van der Waals surface area contributed by atoms with E-state index in [4.69, 9.17) is 22.1 Å². The van der Waals surface area contributed by atoms with Crippen LogP contribution in [0.1, 0.15) is 18.2 Å². The molecule has 0 bridgehead atoms. The zero-order valence-electron chi connectivity index (χ0n) is 22.0. The molecule has 198 valence electrons. The molecule has 3 N–H and O–H groups in total. The minimum absolute atomic E-state index is 0.247. The van der Waals surface area contributed by atoms with Gasteiger partial charge in [-0.25, -0.2) is 15.0 Å². The van der Waals surface area contributed by atoms with Crippen LogP contribution in [0.25, 0.3) is 33.3 Å². The third-order valence-corrected chi connectivity index (χ3v) is 6.67. The normalized spacial score (nSPS) is 10.8. The van der Waals surface area contributed by atoms with Crippen molar-refractivity contribution in [2.24, 2.45) is 7.05 Å². The van der Waals surface area contributed by atoms with Crippen LogP contribution in [0.4, 0.5) is 11.5 Å². The number of aryl methyl sites for hydroxylation is 2. The van der Waals surface area contributed by atoms with Crippen LogP contribution < -0.4 is 15.8 Å². The Bertz CT molecular complexity index is 1850. The summed E-state index contributed by atoms with van der Waals surface area (Å²) >= 11 is 6.79. The molecule has 0 aliphatic rings. The highest BCUT2D eigenvalue weighted by Gasteiger charge is 2.25. The zero-order valence-corrected chi connectivity index (χ0v) is 22.7. The molecule has 0 unspecified atom stereocenters. The SMILES string of the molecule is C=C(C)C(=O)Nc1ccc(-c2c(-c3ccc(Oc4nccc(C)n4)cc3)c3c(N)ncc(C#N)c3n2C)c(Cl)c1. The molecule has 3 heterocycles. The van der Waals surface area contributed by atoms with E-state index in [-0.39, 0.29) is 17.7 Å². The number of carbonyl (C=O) groups is 1. The number of fused-ring (bicyclic) bond motifs is 1. The molecule has 9 nitrogen and oxygen atoms in total. The molecule has 0 saturated carbocycles. The Morgan fingerprint density at radius 1 is 1.18 bits per heavy atom. The van der Waals surface area contributed by atoms with Crippen molar-refractivity contribution in [2.45, 2.75) is 13.8 Å². The van der Waals surface area contributed by atoms with Crippen LogP contribution in [-0.4, -0.2) is 25.4 Å². The van der Waals surface area contributed by atoms with Gasteiger partial charge in [-0.05, 0) is 55.8 Å². The molecule has 0 radical (unpaired) electrons. The molecule has 0 saturated heterocycles. The summed E-state index contributed by atoms with van der Waals surface area (Å²) in [4.78, 5) is 24.9. The van der Waals surface area contributed by atoms with E-state index in [1.807, 2.05) is 36.7 Å². The number of nitrogens with zero attached hydrogens (tertiary/aromatic N) is 5. The van der Waals surface area contributed by atoms with Crippen molar-refractivity contribution in [1.29, 1.82) is 5.26 Å². The molecule has 5 aromatic rings. The maximum Gasteiger partial charge on any atom is 0.322 e. The second-order valence-electron chi connectivity index (χ2n) is 9.21. The van der Waals surface area contributed by atoms with Gasteiger partial charge in [0.05, 0.1) is 27.2 Å². The monoisotopic (exact) mass is 549 g/mol. The van der Waals surface area contributed by atoms with E-state index >= 15 is 0 Å². The van der Waals surface area contributed by atoms with Gasteiger partial charge in [0.2, 0.25) is 0 Å². The molecule has 0 spiro atoms. The number of ether oxygens (including phenoxy) is 1. The Morgan fingerprint density at radius 2 is 1.93 bits per heavy atom. The lowest BCUT2D eigenvalue weighted by Gasteiger charge is -2.13. The fourth-order valence-corrected chi connectivity index (χ4v) is 4.75. The van der Waals surface area contributed by atoms with Crippen LogP contribution in [0.5, 0.6) is 11.8 Å². The van der Waals surface area contributed by atoms with Crippen LogP contribution in [0.3, 0.4) is 0 Å². The topological polar surface area (TPSA) is 132 Å². The number of nitriles is 1. The Morgan fingerprint density at radius 3 is 2.58 bits per heavy atom. The minimum Gasteiger partial charge on any atom is -0.424 e. The van der Waals surface area contributed by atoms with Gasteiger partial charge in [-0.3, -0.25) is 4.79 Å². The van der Waals surface area contributed by atoms with Crippen LogP contribution in [-0.2, 0) is 11.8 Å². The second-order valence-corrected chi connectivity index (χ2v) is 9.62. The average Bonchev–Trinajstić information content (AvgIpc) is 3.23. The molecule has 40 heavy (non-hydrogen) atoms. The number of nitrogens with two attached hydrogens (primary N) is 1. The molecule has 2 aromatic carbocycles. The first-order chi connectivity index (χ1) is 19.2. The van der Waals surface area contributed by atoms with E-state index in [2.05, 4.69) is 32.9 Å². The lowest BCUT2D eigenvalue weighted by Crippen LogP contribution is -2.11. The summed E-state index contributed by atoms with van der Waals surface area (Å²) in [6.45, 7) is 7.16. The van der Waals surface area contributed by atoms with Gasteiger partial charge in [-0.15, -0.1) is 0 Å². The van der Waals surface area contributed by atoms with Gasteiger partial charge in [0.15, 0.2) is 0 Å². The standard InChI is InChI=1S/C30H24ClN7O2/c1-16(2)29(39)37-20-7-10-22(23(31)13-20)27-24(25-26(38(27)4)19(14-32)15-35-28(25)33)18-5-8-21(9-6-18)40-30-34-12-11-17(3)36-30/h5-13,15H,1H2,2-4H3,(H2,33,35)(H,37,39). The molecule has 5 rings (SSSR count). The largest absolute Gasteiger partial charge is 0.424 e. The van der Waals surface area contributed by atoms with E-state index in [0.717, 1.165) is 22.5 Å². The van der Waals surface area contributed by atoms with Gasteiger partial charge < -0.3 is 20.4 Å². The lowest BCUT2D eigenvalue weighted by atomic mass is 9.97. The van der Waals surface area contributed by atoms with Gasteiger partial charge in [0.25, 0.3) is 5.91 Å². The Balaban J connectivity index is 1.67. The number of aromatic nitrogens is 4. The maximum atomic E-state index is 12.1. The second kappa shape index (κ2) is 10.5. The van der Waals surface area contributed by atoms with E-state index in [1.54, 1.807) is 43.5 Å². The number of pyridine rings is 1. The van der Waals surface area contributed by atoms with Crippen molar-refractivity contribution in [1.82, 2.24) is 19.5 Å². The lowest BCUT2D eigenvalue weighted by molar-refractivity contribution is -0.112. The predicted octanol–water partition coefficient (Wildman–Crippen LogP) is 6.42. The quantitative estimate of drug-likeness (QED) is 0.233. The van der Waals surface area contributed by atoms with E-state index in [9.17, 15) is 10.1 Å². The number of nitrogen functional groups attached to an aromatic ring is 1. The summed E-state index contributed by atoms with van der Waals surface area (Å²) in [7, 11) is 1.85. The number of amides is 1. The van der Waals surface area contributed by atoms with Crippen molar-refractivity contribution >= 4 is 39.9 Å². The van der Waals surface area contributed by atoms with Crippen molar-refractivity contribution in [3.05, 3.63) is 89.4 Å². The predicted molar refractivity (Wildman–Crippen MR) is 156 cm³/mol. The molecule has 0 aliphatic carbocycles. The van der Waals surface area contributed by atoms with Crippen LogP contribution in [0, 0.1) is 18.3 Å². The highest BCUT2D eigenvalue weighted by molar-refractivity contribution is 6.34. The van der Waals surface area contributed by atoms with Crippen molar-refractivity contribution in [3.63, 3.8) is 0 Å². The number of hydrogen-bond acceptors (Lipinski definition) is 7. The van der Waals surface area contributed by atoms with Gasteiger partial charge in [0.1, 0.15) is 17.6 Å². The van der Waals surface area contributed by atoms with Crippen molar-refractivity contribution in [2.75, 3.05) is 11.1 Å². The fraction of sp³-hybridized carbons (Fsp3) is 0.100. The molecule has 0 atom stereocenters. The van der Waals surface area contributed by atoms with E-state index < -0.39 is 0 Å². The van der Waals surface area contributed by atoms with Gasteiger partial charge >= 0.3 is 6.01 Å². The summed E-state index contributed by atoms with van der Waals surface area (Å²) in [5.41, 5.74) is 12.1. The molecule has 0 fully saturated rings. The molecule has 10 heteroatoms. The third-order valence-electron chi connectivity index (χ3n) is 6.35. The number of carbonyl (C=O) groups excluding carboxylic acids is 1. The molecular weight excluding hydrogens is 526 g/mol. The number of rotatable bonds is 6.